The number of hydrogen-bond acceptors (Lipinski definition) is 5. The van der Waals surface area contributed by atoms with Crippen LogP contribution < -0.4 is 10.6 Å². The first-order valence-electron chi connectivity index (χ1n) is 9.25. The van der Waals surface area contributed by atoms with E-state index in [-0.39, 0.29) is 0 Å². The fourth-order valence-electron chi connectivity index (χ4n) is 3.25. The van der Waals surface area contributed by atoms with Gasteiger partial charge in [0.05, 0.1) is 11.1 Å². The number of ether oxygens (including phenoxy) is 1. The topological polar surface area (TPSA) is 97.4 Å². The van der Waals surface area contributed by atoms with E-state index in [9.17, 15) is 14.4 Å². The summed E-state index contributed by atoms with van der Waals surface area (Å²) in [4.78, 5) is 40.8. The Morgan fingerprint density at radius 3 is 2.74 bits per heavy atom. The highest BCUT2D eigenvalue weighted by atomic mass is 16.5. The summed E-state index contributed by atoms with van der Waals surface area (Å²) in [6.07, 6.45) is 4.39. The number of aromatic nitrogens is 1. The van der Waals surface area contributed by atoms with Crippen LogP contribution in [0.2, 0.25) is 0 Å². The van der Waals surface area contributed by atoms with E-state index in [4.69, 9.17) is 4.74 Å². The average Bonchev–Trinajstić information content (AvgIpc) is 2.68. The average molecular weight is 369 g/mol. The normalized spacial score (nSPS) is 12.9. The summed E-state index contributed by atoms with van der Waals surface area (Å²) in [5.41, 5.74) is 3.06. The molecule has 3 rings (SSSR count). The van der Waals surface area contributed by atoms with Crippen LogP contribution in [0.5, 0.6) is 0 Å². The molecule has 2 N–H and O–H groups in total. The van der Waals surface area contributed by atoms with Crippen molar-refractivity contribution < 1.29 is 19.1 Å². The number of amides is 3. The van der Waals surface area contributed by atoms with Crippen molar-refractivity contribution in [2.24, 2.45) is 0 Å². The van der Waals surface area contributed by atoms with Crippen molar-refractivity contribution in [3.8, 4) is 0 Å². The van der Waals surface area contributed by atoms with Gasteiger partial charge in [0, 0.05) is 17.6 Å². The second kappa shape index (κ2) is 8.62. The van der Waals surface area contributed by atoms with Crippen LogP contribution in [-0.2, 0) is 22.4 Å². The first-order chi connectivity index (χ1) is 13.1. The Labute approximate surface area is 157 Å². The summed E-state index contributed by atoms with van der Waals surface area (Å²) in [6.45, 7) is 1.86. The van der Waals surface area contributed by atoms with Gasteiger partial charge in [0.15, 0.2) is 6.61 Å². The predicted molar refractivity (Wildman–Crippen MR) is 100 cm³/mol. The number of hydrogen-bond donors (Lipinski definition) is 2. The van der Waals surface area contributed by atoms with Gasteiger partial charge in [0.2, 0.25) is 0 Å². The third-order valence-corrected chi connectivity index (χ3v) is 4.50. The van der Waals surface area contributed by atoms with Crippen molar-refractivity contribution in [1.29, 1.82) is 0 Å². The molecule has 142 valence electrons. The number of imide groups is 1. The van der Waals surface area contributed by atoms with Gasteiger partial charge in [-0.05, 0) is 43.7 Å². The van der Waals surface area contributed by atoms with Gasteiger partial charge in [-0.3, -0.25) is 15.1 Å². The van der Waals surface area contributed by atoms with Gasteiger partial charge >= 0.3 is 12.0 Å². The quantitative estimate of drug-likeness (QED) is 0.789. The molecule has 3 amide bonds. The highest BCUT2D eigenvalue weighted by Gasteiger charge is 2.24. The van der Waals surface area contributed by atoms with E-state index in [2.05, 4.69) is 15.6 Å². The molecule has 1 aromatic heterocycles. The Bertz CT molecular complexity index is 879. The molecular weight excluding hydrogens is 346 g/mol. The fourth-order valence-corrected chi connectivity index (χ4v) is 3.25. The molecule has 2 aromatic rings. The molecule has 0 unspecified atom stereocenters. The monoisotopic (exact) mass is 369 g/mol. The fraction of sp³-hybridized carbons (Fsp3) is 0.400. The van der Waals surface area contributed by atoms with Gasteiger partial charge in [-0.25, -0.2) is 9.59 Å². The molecular formula is C20H23N3O4. The van der Waals surface area contributed by atoms with Gasteiger partial charge < -0.3 is 10.1 Å². The maximum atomic E-state index is 12.8. The summed E-state index contributed by atoms with van der Waals surface area (Å²) in [7, 11) is 0. The van der Waals surface area contributed by atoms with Crippen LogP contribution in [0.25, 0.3) is 10.9 Å². The lowest BCUT2D eigenvalue weighted by molar-refractivity contribution is -0.123. The largest absolute Gasteiger partial charge is 0.452 e. The highest BCUT2D eigenvalue weighted by molar-refractivity contribution is 6.06. The number of aryl methyl sites for hydroxylation is 1. The van der Waals surface area contributed by atoms with E-state index >= 15 is 0 Å². The zero-order valence-electron chi connectivity index (χ0n) is 15.3. The highest BCUT2D eigenvalue weighted by Crippen LogP contribution is 2.29. The Kier molecular flexibility index (Phi) is 6.01. The number of nitrogens with one attached hydrogen (secondary N) is 2. The van der Waals surface area contributed by atoms with Crippen molar-refractivity contribution in [2.45, 2.75) is 39.0 Å². The number of fused-ring (bicyclic) bond motifs is 2. The molecule has 7 heteroatoms. The van der Waals surface area contributed by atoms with E-state index in [0.29, 0.717) is 12.1 Å². The summed E-state index contributed by atoms with van der Waals surface area (Å²) >= 11 is 0. The minimum absolute atomic E-state index is 0.466. The summed E-state index contributed by atoms with van der Waals surface area (Å²) in [6, 6.07) is 6.84. The number of carbonyl (C=O) groups excluding carboxylic acids is 3. The Balaban J connectivity index is 1.76. The van der Waals surface area contributed by atoms with Crippen LogP contribution in [0.4, 0.5) is 4.79 Å². The molecule has 0 saturated heterocycles. The number of benzene rings is 1. The van der Waals surface area contributed by atoms with Crippen LogP contribution in [-0.4, -0.2) is 36.0 Å². The first-order valence-corrected chi connectivity index (χ1v) is 9.25. The van der Waals surface area contributed by atoms with Crippen molar-refractivity contribution in [3.63, 3.8) is 0 Å². The maximum Gasteiger partial charge on any atom is 0.339 e. The van der Waals surface area contributed by atoms with E-state index in [1.54, 1.807) is 0 Å². The van der Waals surface area contributed by atoms with Crippen LogP contribution >= 0.6 is 0 Å². The summed E-state index contributed by atoms with van der Waals surface area (Å²) in [5, 5.41) is 5.40. The molecule has 1 aliphatic rings. The second-order valence-corrected chi connectivity index (χ2v) is 6.52. The molecule has 0 fully saturated rings. The van der Waals surface area contributed by atoms with Crippen LogP contribution in [0, 0.1) is 0 Å². The molecule has 0 radical (unpaired) electrons. The molecule has 1 aliphatic carbocycles. The van der Waals surface area contributed by atoms with Gasteiger partial charge in [0.25, 0.3) is 5.91 Å². The van der Waals surface area contributed by atoms with Crippen LogP contribution in [0.3, 0.4) is 0 Å². The molecule has 0 atom stereocenters. The lowest BCUT2D eigenvalue weighted by Crippen LogP contribution is -2.41. The van der Waals surface area contributed by atoms with Gasteiger partial charge in [-0.2, -0.15) is 0 Å². The van der Waals surface area contributed by atoms with Crippen molar-refractivity contribution in [3.05, 3.63) is 41.1 Å². The van der Waals surface area contributed by atoms with Gasteiger partial charge in [-0.1, -0.05) is 25.1 Å². The lowest BCUT2D eigenvalue weighted by Gasteiger charge is -2.19. The maximum absolute atomic E-state index is 12.8. The molecule has 0 saturated carbocycles. The number of pyridine rings is 1. The van der Waals surface area contributed by atoms with Crippen LogP contribution in [0.1, 0.15) is 47.8 Å². The lowest BCUT2D eigenvalue weighted by atomic mass is 9.90. The Hall–Kier alpha value is -2.96. The Morgan fingerprint density at radius 2 is 1.93 bits per heavy atom. The minimum Gasteiger partial charge on any atom is -0.452 e. The Morgan fingerprint density at radius 1 is 1.15 bits per heavy atom. The molecule has 7 nitrogen and oxygen atoms in total. The second-order valence-electron chi connectivity index (χ2n) is 6.52. The number of nitrogens with zero attached hydrogens (tertiary/aromatic N) is 1. The zero-order chi connectivity index (χ0) is 19.2. The number of urea groups is 1. The van der Waals surface area contributed by atoms with Crippen molar-refractivity contribution in [2.75, 3.05) is 13.2 Å². The third kappa shape index (κ3) is 4.42. The molecule has 27 heavy (non-hydrogen) atoms. The molecule has 0 bridgehead atoms. The third-order valence-electron chi connectivity index (χ3n) is 4.50. The smallest absolute Gasteiger partial charge is 0.339 e. The predicted octanol–water partition coefficient (Wildman–Crippen LogP) is 2.51. The standard InChI is InChI=1S/C20H23N3O4/c1-2-11-21-20(26)23-17(24)12-27-19(25)18-13-7-3-5-9-15(13)22-16-10-6-4-8-14(16)18/h3,5,7,9H,2,4,6,8,10-12H2,1H3,(H2,21,23,24,26). The summed E-state index contributed by atoms with van der Waals surface area (Å²) in [5.74, 6) is -1.22. The molecule has 0 spiro atoms. The van der Waals surface area contributed by atoms with E-state index in [0.717, 1.165) is 54.3 Å². The van der Waals surface area contributed by atoms with Crippen LogP contribution in [0.15, 0.2) is 24.3 Å². The molecule has 1 aromatic carbocycles. The number of rotatable bonds is 5. The van der Waals surface area contributed by atoms with Gasteiger partial charge in [0.1, 0.15) is 0 Å². The van der Waals surface area contributed by atoms with E-state index in [1.165, 1.54) is 0 Å². The van der Waals surface area contributed by atoms with Gasteiger partial charge in [-0.15, -0.1) is 0 Å². The summed E-state index contributed by atoms with van der Waals surface area (Å²) < 4.78 is 5.21. The number of para-hydroxylation sites is 1. The van der Waals surface area contributed by atoms with Crippen molar-refractivity contribution in [1.82, 2.24) is 15.6 Å². The van der Waals surface area contributed by atoms with E-state index in [1.807, 2.05) is 31.2 Å². The molecule has 1 heterocycles. The SMILES string of the molecule is CCCNC(=O)NC(=O)COC(=O)c1c2c(nc3ccccc13)CCCC2. The minimum atomic E-state index is -0.663. The number of carbonyl (C=O) groups is 3. The zero-order valence-corrected chi connectivity index (χ0v) is 15.3. The number of esters is 1. The first kappa shape index (κ1) is 18.8. The molecule has 0 aliphatic heterocycles. The van der Waals surface area contributed by atoms with Crippen molar-refractivity contribution >= 4 is 28.8 Å². The van der Waals surface area contributed by atoms with E-state index < -0.39 is 24.5 Å².